The van der Waals surface area contributed by atoms with E-state index in [2.05, 4.69) is 4.72 Å². The molecule has 0 atom stereocenters. The Bertz CT molecular complexity index is 725. The molecule has 2 rings (SSSR count). The molecule has 0 aliphatic heterocycles. The van der Waals surface area contributed by atoms with Gasteiger partial charge in [0.15, 0.2) is 0 Å². The van der Waals surface area contributed by atoms with E-state index >= 15 is 0 Å². The number of aryl methyl sites for hydroxylation is 1. The zero-order chi connectivity index (χ0) is 14.6. The SMILES string of the molecule is Cc1ccc(CNS(=O)(=O)c2ccc(CC#N)cc2)o1. The highest BCUT2D eigenvalue weighted by molar-refractivity contribution is 7.89. The predicted molar refractivity (Wildman–Crippen MR) is 73.2 cm³/mol. The number of hydrogen-bond acceptors (Lipinski definition) is 4. The summed E-state index contributed by atoms with van der Waals surface area (Å²) in [7, 11) is -3.57. The lowest BCUT2D eigenvalue weighted by molar-refractivity contribution is 0.475. The van der Waals surface area contributed by atoms with Crippen molar-refractivity contribution in [1.82, 2.24) is 4.72 Å². The van der Waals surface area contributed by atoms with Gasteiger partial charge < -0.3 is 4.42 Å². The molecule has 20 heavy (non-hydrogen) atoms. The van der Waals surface area contributed by atoms with Crippen molar-refractivity contribution in [2.24, 2.45) is 0 Å². The van der Waals surface area contributed by atoms with Crippen LogP contribution in [-0.2, 0) is 23.0 Å². The van der Waals surface area contributed by atoms with Gasteiger partial charge in [-0.25, -0.2) is 13.1 Å². The molecular weight excluding hydrogens is 276 g/mol. The molecule has 1 aromatic carbocycles. The first kappa shape index (κ1) is 14.3. The molecule has 0 amide bonds. The van der Waals surface area contributed by atoms with Gasteiger partial charge in [-0.15, -0.1) is 0 Å². The Morgan fingerprint density at radius 3 is 2.45 bits per heavy atom. The average Bonchev–Trinajstić information content (AvgIpc) is 2.84. The largest absolute Gasteiger partial charge is 0.465 e. The first-order valence-corrected chi connectivity index (χ1v) is 7.50. The average molecular weight is 290 g/mol. The Morgan fingerprint density at radius 1 is 1.20 bits per heavy atom. The van der Waals surface area contributed by atoms with E-state index in [4.69, 9.17) is 9.68 Å². The number of nitrogens with one attached hydrogen (secondary N) is 1. The molecule has 5 nitrogen and oxygen atoms in total. The number of sulfonamides is 1. The number of nitrogens with zero attached hydrogens (tertiary/aromatic N) is 1. The highest BCUT2D eigenvalue weighted by atomic mass is 32.2. The Morgan fingerprint density at radius 2 is 1.90 bits per heavy atom. The maximum atomic E-state index is 12.1. The van der Waals surface area contributed by atoms with Gasteiger partial charge in [-0.1, -0.05) is 12.1 Å². The maximum Gasteiger partial charge on any atom is 0.240 e. The van der Waals surface area contributed by atoms with Gasteiger partial charge >= 0.3 is 0 Å². The number of furan rings is 1. The summed E-state index contributed by atoms with van der Waals surface area (Å²) in [4.78, 5) is 0.169. The minimum Gasteiger partial charge on any atom is -0.465 e. The molecule has 6 heteroatoms. The van der Waals surface area contributed by atoms with E-state index in [-0.39, 0.29) is 17.9 Å². The van der Waals surface area contributed by atoms with Gasteiger partial charge in [0.1, 0.15) is 11.5 Å². The standard InChI is InChI=1S/C14H14N2O3S/c1-11-2-5-13(19-11)10-16-20(17,18)14-6-3-12(4-7-14)8-9-15/h2-7,16H,8,10H2,1H3. The summed E-state index contributed by atoms with van der Waals surface area (Å²) < 4.78 is 31.9. The summed E-state index contributed by atoms with van der Waals surface area (Å²) in [5.74, 6) is 1.30. The fourth-order valence-corrected chi connectivity index (χ4v) is 2.70. The zero-order valence-corrected chi connectivity index (χ0v) is 11.8. The van der Waals surface area contributed by atoms with Gasteiger partial charge in [-0.2, -0.15) is 5.26 Å². The zero-order valence-electron chi connectivity index (χ0n) is 11.0. The molecule has 0 aliphatic rings. The summed E-state index contributed by atoms with van der Waals surface area (Å²) in [6.45, 7) is 1.90. The van der Waals surface area contributed by atoms with Crippen LogP contribution < -0.4 is 4.72 Å². The van der Waals surface area contributed by atoms with Gasteiger partial charge in [0.2, 0.25) is 10.0 Å². The fraction of sp³-hybridized carbons (Fsp3) is 0.214. The molecule has 1 N–H and O–H groups in total. The van der Waals surface area contributed by atoms with Gasteiger partial charge in [-0.3, -0.25) is 0 Å². The fourth-order valence-electron chi connectivity index (χ4n) is 1.71. The van der Waals surface area contributed by atoms with E-state index in [9.17, 15) is 8.42 Å². The summed E-state index contributed by atoms with van der Waals surface area (Å²) >= 11 is 0. The van der Waals surface area contributed by atoms with Crippen molar-refractivity contribution in [3.8, 4) is 6.07 Å². The highest BCUT2D eigenvalue weighted by Gasteiger charge is 2.14. The molecule has 2 aromatic rings. The third-order valence-corrected chi connectivity index (χ3v) is 4.17. The third kappa shape index (κ3) is 3.47. The van der Waals surface area contributed by atoms with Crippen molar-refractivity contribution < 1.29 is 12.8 Å². The lowest BCUT2D eigenvalue weighted by Gasteiger charge is -2.05. The second-order valence-corrected chi connectivity index (χ2v) is 6.08. The quantitative estimate of drug-likeness (QED) is 0.914. The van der Waals surface area contributed by atoms with Crippen molar-refractivity contribution >= 4 is 10.0 Å². The van der Waals surface area contributed by atoms with Crippen molar-refractivity contribution in [3.63, 3.8) is 0 Å². The smallest absolute Gasteiger partial charge is 0.240 e. The molecule has 0 spiro atoms. The van der Waals surface area contributed by atoms with Gasteiger partial charge in [0.25, 0.3) is 0 Å². The van der Waals surface area contributed by atoms with E-state index in [0.29, 0.717) is 5.76 Å². The lowest BCUT2D eigenvalue weighted by Crippen LogP contribution is -2.23. The summed E-state index contributed by atoms with van der Waals surface area (Å²) in [6, 6.07) is 11.8. The van der Waals surface area contributed by atoms with Gasteiger partial charge in [0, 0.05) is 0 Å². The molecule has 1 heterocycles. The molecule has 0 saturated carbocycles. The summed E-state index contributed by atoms with van der Waals surface area (Å²) in [5, 5.41) is 8.57. The molecule has 0 saturated heterocycles. The van der Waals surface area contributed by atoms with Gasteiger partial charge in [-0.05, 0) is 36.8 Å². The normalized spacial score (nSPS) is 11.2. The lowest BCUT2D eigenvalue weighted by atomic mass is 10.2. The van der Waals surface area contributed by atoms with Crippen LogP contribution in [0, 0.1) is 18.3 Å². The summed E-state index contributed by atoms with van der Waals surface area (Å²) in [6.07, 6.45) is 0.263. The Balaban J connectivity index is 2.08. The van der Waals surface area contributed by atoms with Crippen LogP contribution >= 0.6 is 0 Å². The molecule has 0 aliphatic carbocycles. The Kier molecular flexibility index (Phi) is 4.23. The van der Waals surface area contributed by atoms with Crippen LogP contribution in [0.5, 0.6) is 0 Å². The Hall–Kier alpha value is -2.10. The second-order valence-electron chi connectivity index (χ2n) is 4.32. The number of hydrogen-bond donors (Lipinski definition) is 1. The summed E-state index contributed by atoms with van der Waals surface area (Å²) in [5.41, 5.74) is 0.785. The molecule has 104 valence electrons. The maximum absolute atomic E-state index is 12.1. The Labute approximate surface area is 117 Å². The van der Waals surface area contributed by atoms with Crippen LogP contribution in [0.15, 0.2) is 45.7 Å². The van der Waals surface area contributed by atoms with Crippen LogP contribution in [0.1, 0.15) is 17.1 Å². The van der Waals surface area contributed by atoms with E-state index in [0.717, 1.165) is 11.3 Å². The van der Waals surface area contributed by atoms with E-state index in [1.165, 1.54) is 12.1 Å². The van der Waals surface area contributed by atoms with Crippen LogP contribution in [0.3, 0.4) is 0 Å². The van der Waals surface area contributed by atoms with Crippen LogP contribution in [-0.4, -0.2) is 8.42 Å². The van der Waals surface area contributed by atoms with Crippen LogP contribution in [0.2, 0.25) is 0 Å². The number of rotatable bonds is 5. The van der Waals surface area contributed by atoms with Crippen molar-refractivity contribution in [1.29, 1.82) is 5.26 Å². The molecule has 0 unspecified atom stereocenters. The first-order chi connectivity index (χ1) is 9.51. The molecule has 0 radical (unpaired) electrons. The van der Waals surface area contributed by atoms with Gasteiger partial charge in [0.05, 0.1) is 23.9 Å². The molecule has 0 bridgehead atoms. The molecular formula is C14H14N2O3S. The number of nitriles is 1. The second kappa shape index (κ2) is 5.90. The highest BCUT2D eigenvalue weighted by Crippen LogP contribution is 2.12. The van der Waals surface area contributed by atoms with E-state index in [1.807, 2.05) is 6.07 Å². The molecule has 1 aromatic heterocycles. The number of benzene rings is 1. The topological polar surface area (TPSA) is 83.1 Å². The predicted octanol–water partition coefficient (Wildman–Crippen LogP) is 2.13. The van der Waals surface area contributed by atoms with Crippen LogP contribution in [0.25, 0.3) is 0 Å². The third-order valence-electron chi connectivity index (χ3n) is 2.75. The first-order valence-electron chi connectivity index (χ1n) is 6.02. The van der Waals surface area contributed by atoms with E-state index < -0.39 is 10.0 Å². The van der Waals surface area contributed by atoms with Crippen molar-refractivity contribution in [2.45, 2.75) is 24.8 Å². The van der Waals surface area contributed by atoms with Crippen LogP contribution in [0.4, 0.5) is 0 Å². The van der Waals surface area contributed by atoms with Crippen molar-refractivity contribution in [3.05, 3.63) is 53.5 Å². The molecule has 0 fully saturated rings. The van der Waals surface area contributed by atoms with Crippen molar-refractivity contribution in [2.75, 3.05) is 0 Å². The minimum absolute atomic E-state index is 0.107. The monoisotopic (exact) mass is 290 g/mol. The van der Waals surface area contributed by atoms with E-state index in [1.54, 1.807) is 31.2 Å². The minimum atomic E-state index is -3.57.